The summed E-state index contributed by atoms with van der Waals surface area (Å²) >= 11 is 0. The van der Waals surface area contributed by atoms with Gasteiger partial charge in [0, 0.05) is 38.8 Å². The summed E-state index contributed by atoms with van der Waals surface area (Å²) in [5, 5.41) is 6.66. The third kappa shape index (κ3) is 4.24. The van der Waals surface area contributed by atoms with Crippen LogP contribution in [0, 0.1) is 5.41 Å². The van der Waals surface area contributed by atoms with Gasteiger partial charge in [0.15, 0.2) is 0 Å². The molecule has 0 unspecified atom stereocenters. The molecular formula is C13H24N6. The average Bonchev–Trinajstić information content (AvgIpc) is 2.36. The second-order valence-electron chi connectivity index (χ2n) is 6.12. The summed E-state index contributed by atoms with van der Waals surface area (Å²) in [6.45, 7) is 11.3. The molecule has 6 nitrogen and oxygen atoms in total. The lowest BCUT2D eigenvalue weighted by Gasteiger charge is -2.28. The van der Waals surface area contributed by atoms with Crippen molar-refractivity contribution in [3.8, 4) is 0 Å². The van der Waals surface area contributed by atoms with Gasteiger partial charge in [0.05, 0.1) is 0 Å². The monoisotopic (exact) mass is 264 g/mol. The first kappa shape index (κ1) is 13.9. The van der Waals surface area contributed by atoms with E-state index in [1.165, 1.54) is 0 Å². The molecule has 6 heteroatoms. The SMILES string of the molecule is CC(C)(C)CNc1cc(N2CCNCC2)nc(N)n1. The maximum absolute atomic E-state index is 5.80. The highest BCUT2D eigenvalue weighted by Gasteiger charge is 2.15. The molecule has 4 N–H and O–H groups in total. The molecule has 0 spiro atoms. The predicted molar refractivity (Wildman–Crippen MR) is 79.5 cm³/mol. The fourth-order valence-electron chi connectivity index (χ4n) is 1.95. The highest BCUT2D eigenvalue weighted by atomic mass is 15.3. The lowest BCUT2D eigenvalue weighted by Crippen LogP contribution is -2.44. The lowest BCUT2D eigenvalue weighted by atomic mass is 9.97. The van der Waals surface area contributed by atoms with Gasteiger partial charge in [0.1, 0.15) is 11.6 Å². The molecule has 0 amide bonds. The molecule has 1 fully saturated rings. The van der Waals surface area contributed by atoms with E-state index in [2.05, 4.69) is 46.3 Å². The normalized spacial score (nSPS) is 16.5. The fraction of sp³-hybridized carbons (Fsp3) is 0.692. The molecule has 2 rings (SSSR count). The zero-order valence-corrected chi connectivity index (χ0v) is 12.0. The van der Waals surface area contributed by atoms with Gasteiger partial charge in [-0.05, 0) is 5.41 Å². The van der Waals surface area contributed by atoms with Crippen LogP contribution in [0.2, 0.25) is 0 Å². The van der Waals surface area contributed by atoms with E-state index in [-0.39, 0.29) is 5.41 Å². The van der Waals surface area contributed by atoms with Crippen molar-refractivity contribution in [1.29, 1.82) is 0 Å². The minimum atomic E-state index is 0.203. The summed E-state index contributed by atoms with van der Waals surface area (Å²) in [5.41, 5.74) is 6.00. The molecule has 0 saturated carbocycles. The molecule has 0 bridgehead atoms. The molecular weight excluding hydrogens is 240 g/mol. The number of nitrogens with zero attached hydrogens (tertiary/aromatic N) is 3. The Hall–Kier alpha value is -1.56. The molecule has 0 aromatic carbocycles. The van der Waals surface area contributed by atoms with Gasteiger partial charge in [-0.2, -0.15) is 9.97 Å². The second kappa shape index (κ2) is 5.61. The molecule has 2 heterocycles. The maximum Gasteiger partial charge on any atom is 0.223 e. The number of hydrogen-bond acceptors (Lipinski definition) is 6. The first-order chi connectivity index (χ1) is 8.94. The van der Waals surface area contributed by atoms with E-state index in [0.717, 1.165) is 44.4 Å². The van der Waals surface area contributed by atoms with Crippen molar-refractivity contribution in [2.45, 2.75) is 20.8 Å². The zero-order chi connectivity index (χ0) is 13.9. The van der Waals surface area contributed by atoms with Crippen LogP contribution in [0.5, 0.6) is 0 Å². The number of piperazine rings is 1. The summed E-state index contributed by atoms with van der Waals surface area (Å²) in [6, 6.07) is 1.98. The smallest absolute Gasteiger partial charge is 0.223 e. The summed E-state index contributed by atoms with van der Waals surface area (Å²) in [5.74, 6) is 2.04. The van der Waals surface area contributed by atoms with Crippen LogP contribution in [-0.4, -0.2) is 42.7 Å². The number of aromatic nitrogens is 2. The van der Waals surface area contributed by atoms with Crippen LogP contribution >= 0.6 is 0 Å². The third-order valence-electron chi connectivity index (χ3n) is 2.97. The third-order valence-corrected chi connectivity index (χ3v) is 2.97. The number of hydrogen-bond donors (Lipinski definition) is 3. The van der Waals surface area contributed by atoms with Crippen LogP contribution < -0.4 is 21.3 Å². The van der Waals surface area contributed by atoms with Crippen molar-refractivity contribution in [2.24, 2.45) is 5.41 Å². The minimum Gasteiger partial charge on any atom is -0.369 e. The van der Waals surface area contributed by atoms with E-state index >= 15 is 0 Å². The van der Waals surface area contributed by atoms with Crippen LogP contribution in [0.4, 0.5) is 17.6 Å². The molecule has 0 radical (unpaired) electrons. The van der Waals surface area contributed by atoms with Crippen molar-refractivity contribution in [3.05, 3.63) is 6.07 Å². The van der Waals surface area contributed by atoms with Gasteiger partial charge >= 0.3 is 0 Å². The zero-order valence-electron chi connectivity index (χ0n) is 12.0. The van der Waals surface area contributed by atoms with Crippen molar-refractivity contribution in [3.63, 3.8) is 0 Å². The van der Waals surface area contributed by atoms with Crippen molar-refractivity contribution < 1.29 is 0 Å². The van der Waals surface area contributed by atoms with Crippen LogP contribution in [0.3, 0.4) is 0 Å². The topological polar surface area (TPSA) is 79.1 Å². The van der Waals surface area contributed by atoms with Crippen LogP contribution in [0.15, 0.2) is 6.07 Å². The molecule has 19 heavy (non-hydrogen) atoms. The summed E-state index contributed by atoms with van der Waals surface area (Å²) < 4.78 is 0. The number of nitrogen functional groups attached to an aromatic ring is 1. The van der Waals surface area contributed by atoms with Gasteiger partial charge in [0.25, 0.3) is 0 Å². The van der Waals surface area contributed by atoms with Crippen LogP contribution in [0.25, 0.3) is 0 Å². The van der Waals surface area contributed by atoms with E-state index in [0.29, 0.717) is 5.95 Å². The van der Waals surface area contributed by atoms with Gasteiger partial charge in [-0.3, -0.25) is 0 Å². The first-order valence-electron chi connectivity index (χ1n) is 6.78. The number of nitrogens with one attached hydrogen (secondary N) is 2. The van der Waals surface area contributed by atoms with Gasteiger partial charge in [0.2, 0.25) is 5.95 Å². The Morgan fingerprint density at radius 2 is 2.00 bits per heavy atom. The lowest BCUT2D eigenvalue weighted by molar-refractivity contribution is 0.442. The Bertz CT molecular complexity index is 420. The first-order valence-corrected chi connectivity index (χ1v) is 6.78. The van der Waals surface area contributed by atoms with E-state index in [1.54, 1.807) is 0 Å². The average molecular weight is 264 g/mol. The quantitative estimate of drug-likeness (QED) is 0.753. The number of anilines is 3. The van der Waals surface area contributed by atoms with Crippen molar-refractivity contribution in [1.82, 2.24) is 15.3 Å². The van der Waals surface area contributed by atoms with Crippen molar-refractivity contribution in [2.75, 3.05) is 48.7 Å². The van der Waals surface area contributed by atoms with Crippen LogP contribution in [-0.2, 0) is 0 Å². The Morgan fingerprint density at radius 3 is 2.63 bits per heavy atom. The van der Waals surface area contributed by atoms with E-state index in [1.807, 2.05) is 6.07 Å². The number of nitrogens with two attached hydrogens (primary N) is 1. The summed E-state index contributed by atoms with van der Waals surface area (Å²) in [7, 11) is 0. The molecule has 0 aliphatic carbocycles. The van der Waals surface area contributed by atoms with E-state index in [4.69, 9.17) is 5.73 Å². The summed E-state index contributed by atoms with van der Waals surface area (Å²) in [4.78, 5) is 10.8. The maximum atomic E-state index is 5.80. The Kier molecular flexibility index (Phi) is 4.09. The molecule has 106 valence electrons. The van der Waals surface area contributed by atoms with Gasteiger partial charge < -0.3 is 21.3 Å². The Labute approximate surface area is 114 Å². The number of rotatable bonds is 3. The highest BCUT2D eigenvalue weighted by Crippen LogP contribution is 2.19. The Morgan fingerprint density at radius 1 is 1.32 bits per heavy atom. The highest BCUT2D eigenvalue weighted by molar-refractivity contribution is 5.53. The van der Waals surface area contributed by atoms with Crippen molar-refractivity contribution >= 4 is 17.6 Å². The van der Waals surface area contributed by atoms with E-state index in [9.17, 15) is 0 Å². The van der Waals surface area contributed by atoms with Gasteiger partial charge in [-0.15, -0.1) is 0 Å². The fourth-order valence-corrected chi connectivity index (χ4v) is 1.95. The van der Waals surface area contributed by atoms with E-state index < -0.39 is 0 Å². The second-order valence-corrected chi connectivity index (χ2v) is 6.12. The molecule has 1 aliphatic rings. The Balaban J connectivity index is 2.10. The minimum absolute atomic E-state index is 0.203. The van der Waals surface area contributed by atoms with Gasteiger partial charge in [-0.25, -0.2) is 0 Å². The largest absolute Gasteiger partial charge is 0.369 e. The molecule has 1 aromatic heterocycles. The molecule has 0 atom stereocenters. The molecule has 1 aromatic rings. The summed E-state index contributed by atoms with van der Waals surface area (Å²) in [6.07, 6.45) is 0. The predicted octanol–water partition coefficient (Wildman–Crippen LogP) is 0.926. The standard InChI is InChI=1S/C13H24N6/c1-13(2,3)9-16-10-8-11(18-12(14)17-10)19-6-4-15-5-7-19/h8,15H,4-7,9H2,1-3H3,(H3,14,16,17,18). The molecule has 1 saturated heterocycles. The molecule has 1 aliphatic heterocycles. The van der Waals surface area contributed by atoms with Gasteiger partial charge in [-0.1, -0.05) is 20.8 Å². The van der Waals surface area contributed by atoms with Crippen LogP contribution in [0.1, 0.15) is 20.8 Å².